The molecule has 1 aromatic rings. The Morgan fingerprint density at radius 3 is 3.00 bits per heavy atom. The standard InChI is InChI=1S/C8H9NO3S2/c1-14(12)4-7(11)6-2-3-13-8(6)9-5-10/h2-3,5H,4H2,1H3,(H,9,10). The molecule has 0 aliphatic heterocycles. The Kier molecular flexibility index (Phi) is 3.97. The van der Waals surface area contributed by atoms with Gasteiger partial charge in [-0.2, -0.15) is 0 Å². The Bertz CT molecular complexity index is 372. The number of hydrogen-bond acceptors (Lipinski definition) is 4. The molecular weight excluding hydrogens is 222 g/mol. The maximum absolute atomic E-state index is 11.5. The monoisotopic (exact) mass is 231 g/mol. The Hall–Kier alpha value is -1.01. The summed E-state index contributed by atoms with van der Waals surface area (Å²) in [4.78, 5) is 21.7. The smallest absolute Gasteiger partial charge is 0.212 e. The lowest BCUT2D eigenvalue weighted by atomic mass is 10.2. The second-order valence-electron chi connectivity index (χ2n) is 2.57. The zero-order chi connectivity index (χ0) is 10.6. The van der Waals surface area contributed by atoms with Crippen molar-refractivity contribution in [1.29, 1.82) is 0 Å². The van der Waals surface area contributed by atoms with E-state index in [1.165, 1.54) is 17.6 Å². The number of ketones is 1. The fourth-order valence-corrected chi connectivity index (χ4v) is 2.25. The van der Waals surface area contributed by atoms with E-state index in [9.17, 15) is 13.8 Å². The van der Waals surface area contributed by atoms with Crippen LogP contribution < -0.4 is 5.32 Å². The van der Waals surface area contributed by atoms with E-state index in [1.807, 2.05) is 0 Å². The van der Waals surface area contributed by atoms with E-state index in [0.29, 0.717) is 17.0 Å². The molecule has 0 bridgehead atoms. The Labute approximate surface area is 87.8 Å². The Balaban J connectivity index is 2.83. The highest BCUT2D eigenvalue weighted by Gasteiger charge is 2.13. The molecule has 76 valence electrons. The van der Waals surface area contributed by atoms with Crippen LogP contribution in [0.25, 0.3) is 0 Å². The molecule has 1 aromatic heterocycles. The lowest BCUT2D eigenvalue weighted by molar-refractivity contribution is -0.105. The molecule has 1 rings (SSSR count). The van der Waals surface area contributed by atoms with E-state index in [0.717, 1.165) is 0 Å². The zero-order valence-electron chi connectivity index (χ0n) is 7.48. The van der Waals surface area contributed by atoms with E-state index in [2.05, 4.69) is 5.32 Å². The minimum Gasteiger partial charge on any atom is -0.320 e. The number of carbonyl (C=O) groups excluding carboxylic acids is 2. The molecule has 1 N–H and O–H groups in total. The van der Waals surface area contributed by atoms with Gasteiger partial charge in [0.1, 0.15) is 5.00 Å². The number of amides is 1. The van der Waals surface area contributed by atoms with E-state index < -0.39 is 10.8 Å². The highest BCUT2D eigenvalue weighted by atomic mass is 32.2. The summed E-state index contributed by atoms with van der Waals surface area (Å²) in [5.41, 5.74) is 0.428. The summed E-state index contributed by atoms with van der Waals surface area (Å²) in [6.45, 7) is 0. The van der Waals surface area contributed by atoms with Crippen LogP contribution in [-0.4, -0.2) is 28.4 Å². The van der Waals surface area contributed by atoms with Gasteiger partial charge in [0.25, 0.3) is 0 Å². The van der Waals surface area contributed by atoms with Crippen molar-refractivity contribution in [1.82, 2.24) is 0 Å². The molecule has 4 nitrogen and oxygen atoms in total. The maximum Gasteiger partial charge on any atom is 0.212 e. The fourth-order valence-electron chi connectivity index (χ4n) is 0.957. The summed E-state index contributed by atoms with van der Waals surface area (Å²) >= 11 is 1.27. The lowest BCUT2D eigenvalue weighted by Crippen LogP contribution is -2.10. The molecule has 0 aliphatic rings. The van der Waals surface area contributed by atoms with Crippen LogP contribution in [0.5, 0.6) is 0 Å². The number of anilines is 1. The molecule has 0 fully saturated rings. The van der Waals surface area contributed by atoms with Crippen LogP contribution in [-0.2, 0) is 15.6 Å². The van der Waals surface area contributed by atoms with Gasteiger partial charge in [-0.3, -0.25) is 13.8 Å². The third-order valence-electron chi connectivity index (χ3n) is 1.49. The van der Waals surface area contributed by atoms with Gasteiger partial charge >= 0.3 is 0 Å². The van der Waals surface area contributed by atoms with Gasteiger partial charge in [-0.25, -0.2) is 0 Å². The molecule has 1 atom stereocenters. The van der Waals surface area contributed by atoms with Crippen LogP contribution in [0.15, 0.2) is 11.4 Å². The second-order valence-corrected chi connectivity index (χ2v) is 4.92. The molecule has 0 aliphatic carbocycles. The normalized spacial score (nSPS) is 12.1. The summed E-state index contributed by atoms with van der Waals surface area (Å²) in [5, 5.41) is 4.64. The number of rotatable bonds is 5. The largest absolute Gasteiger partial charge is 0.320 e. The first-order valence-corrected chi connectivity index (χ1v) is 6.36. The second kappa shape index (κ2) is 5.02. The average molecular weight is 231 g/mol. The van der Waals surface area contributed by atoms with Crippen molar-refractivity contribution in [3.63, 3.8) is 0 Å². The number of Topliss-reactive ketones (excluding diaryl/α,β-unsaturated/α-hetero) is 1. The molecule has 14 heavy (non-hydrogen) atoms. The topological polar surface area (TPSA) is 63.2 Å². The third kappa shape index (κ3) is 2.74. The van der Waals surface area contributed by atoms with E-state index in [-0.39, 0.29) is 11.5 Å². The predicted octanol–water partition coefficient (Wildman–Crippen LogP) is 0.878. The van der Waals surface area contributed by atoms with Crippen LogP contribution in [0.3, 0.4) is 0 Å². The summed E-state index contributed by atoms with van der Waals surface area (Å²) < 4.78 is 10.8. The minimum absolute atomic E-state index is 0.00965. The van der Waals surface area contributed by atoms with Gasteiger partial charge < -0.3 is 5.32 Å². The minimum atomic E-state index is -1.15. The van der Waals surface area contributed by atoms with E-state index in [1.54, 1.807) is 11.4 Å². The predicted molar refractivity (Wildman–Crippen MR) is 57.3 cm³/mol. The Morgan fingerprint density at radius 2 is 2.43 bits per heavy atom. The van der Waals surface area contributed by atoms with Crippen molar-refractivity contribution in [2.75, 3.05) is 17.3 Å². The van der Waals surface area contributed by atoms with Crippen molar-refractivity contribution in [3.8, 4) is 0 Å². The zero-order valence-corrected chi connectivity index (χ0v) is 9.11. The summed E-state index contributed by atoms with van der Waals surface area (Å²) in [6.07, 6.45) is 1.99. The van der Waals surface area contributed by atoms with Gasteiger partial charge in [-0.05, 0) is 11.4 Å². The molecule has 0 spiro atoms. The molecule has 0 aromatic carbocycles. The summed E-state index contributed by atoms with van der Waals surface area (Å²) in [7, 11) is -1.15. The summed E-state index contributed by atoms with van der Waals surface area (Å²) in [6, 6.07) is 1.62. The van der Waals surface area contributed by atoms with Crippen LogP contribution in [0, 0.1) is 0 Å². The van der Waals surface area contributed by atoms with Gasteiger partial charge in [0.2, 0.25) is 6.41 Å². The van der Waals surface area contributed by atoms with E-state index in [4.69, 9.17) is 0 Å². The first kappa shape index (κ1) is 11.1. The first-order chi connectivity index (χ1) is 6.65. The Morgan fingerprint density at radius 1 is 1.71 bits per heavy atom. The molecule has 0 saturated heterocycles. The van der Waals surface area contributed by atoms with Crippen LogP contribution in [0.4, 0.5) is 5.00 Å². The SMILES string of the molecule is CS(=O)CC(=O)c1ccsc1NC=O. The number of carbonyl (C=O) groups is 2. The van der Waals surface area contributed by atoms with Gasteiger partial charge in [-0.1, -0.05) is 0 Å². The van der Waals surface area contributed by atoms with E-state index >= 15 is 0 Å². The molecule has 0 radical (unpaired) electrons. The highest BCUT2D eigenvalue weighted by Crippen LogP contribution is 2.22. The first-order valence-electron chi connectivity index (χ1n) is 3.76. The highest BCUT2D eigenvalue weighted by molar-refractivity contribution is 7.85. The maximum atomic E-state index is 11.5. The van der Waals surface area contributed by atoms with Crippen molar-refractivity contribution < 1.29 is 13.8 Å². The summed E-state index contributed by atoms with van der Waals surface area (Å²) in [5.74, 6) is -0.221. The molecular formula is C8H9NO3S2. The fraction of sp³-hybridized carbons (Fsp3) is 0.250. The average Bonchev–Trinajstić information content (AvgIpc) is 2.51. The van der Waals surface area contributed by atoms with Gasteiger partial charge in [-0.15, -0.1) is 11.3 Å². The van der Waals surface area contributed by atoms with Crippen molar-refractivity contribution in [2.45, 2.75) is 0 Å². The van der Waals surface area contributed by atoms with Gasteiger partial charge in [0.05, 0.1) is 11.3 Å². The molecule has 1 heterocycles. The van der Waals surface area contributed by atoms with Crippen LogP contribution in [0.2, 0.25) is 0 Å². The third-order valence-corrected chi connectivity index (χ3v) is 3.00. The van der Waals surface area contributed by atoms with Crippen molar-refractivity contribution >= 4 is 39.3 Å². The van der Waals surface area contributed by atoms with Gasteiger partial charge in [0.15, 0.2) is 5.78 Å². The van der Waals surface area contributed by atoms with Crippen LogP contribution >= 0.6 is 11.3 Å². The number of hydrogen-bond donors (Lipinski definition) is 1. The lowest BCUT2D eigenvalue weighted by Gasteiger charge is -1.99. The molecule has 1 unspecified atom stereocenters. The molecule has 1 amide bonds. The van der Waals surface area contributed by atoms with Gasteiger partial charge in [0, 0.05) is 17.1 Å². The molecule has 0 saturated carbocycles. The van der Waals surface area contributed by atoms with Crippen molar-refractivity contribution in [3.05, 3.63) is 17.0 Å². The number of thiophene rings is 1. The molecule has 6 heteroatoms. The van der Waals surface area contributed by atoms with Crippen LogP contribution in [0.1, 0.15) is 10.4 Å². The number of nitrogens with one attached hydrogen (secondary N) is 1. The van der Waals surface area contributed by atoms with Crippen molar-refractivity contribution in [2.24, 2.45) is 0 Å². The quantitative estimate of drug-likeness (QED) is 0.604.